The Morgan fingerprint density at radius 3 is 1.41 bits per heavy atom. The first kappa shape index (κ1) is 23.5. The van der Waals surface area contributed by atoms with Crippen LogP contribution in [0, 0.1) is 5.92 Å². The van der Waals surface area contributed by atoms with E-state index in [9.17, 15) is 9.90 Å². The average molecular weight is 450 g/mol. The Balaban J connectivity index is 1.87. The lowest BCUT2D eigenvalue weighted by atomic mass is 9.63. The smallest absolute Gasteiger partial charge is 0.157 e. The minimum absolute atomic E-state index is 0.0414. The number of aliphatic hydroxyl groups excluding tert-OH is 1. The van der Waals surface area contributed by atoms with E-state index in [1.165, 1.54) is 0 Å². The summed E-state index contributed by atoms with van der Waals surface area (Å²) in [6, 6.07) is 37.4. The van der Waals surface area contributed by atoms with Gasteiger partial charge < -0.3 is 10.0 Å². The van der Waals surface area contributed by atoms with Crippen molar-refractivity contribution in [3.05, 3.63) is 138 Å². The molecule has 4 aromatic rings. The maximum absolute atomic E-state index is 14.6. The van der Waals surface area contributed by atoms with E-state index in [4.69, 9.17) is 0 Å². The normalized spacial score (nSPS) is 13.2. The van der Waals surface area contributed by atoms with Gasteiger partial charge in [-0.05, 0) is 34.4 Å². The van der Waals surface area contributed by atoms with E-state index in [1.807, 2.05) is 141 Å². The highest BCUT2D eigenvalue weighted by atomic mass is 16.3. The second-order valence-corrected chi connectivity index (χ2v) is 8.93. The molecule has 1 N–H and O–H groups in total. The summed E-state index contributed by atoms with van der Waals surface area (Å²) in [6.07, 6.45) is -0.931. The summed E-state index contributed by atoms with van der Waals surface area (Å²) in [5.41, 5.74) is 3.39. The quantitative estimate of drug-likeness (QED) is 0.334. The molecule has 0 saturated heterocycles. The van der Waals surface area contributed by atoms with Crippen LogP contribution in [0.5, 0.6) is 0 Å². The summed E-state index contributed by atoms with van der Waals surface area (Å²) in [4.78, 5) is 16.6. The van der Waals surface area contributed by atoms with E-state index in [1.54, 1.807) is 0 Å². The Hall–Kier alpha value is -3.69. The van der Waals surface area contributed by atoms with Gasteiger partial charge >= 0.3 is 0 Å². The lowest BCUT2D eigenvalue weighted by Crippen LogP contribution is -2.43. The van der Waals surface area contributed by atoms with Crippen LogP contribution in [0.1, 0.15) is 35.3 Å². The lowest BCUT2D eigenvalue weighted by molar-refractivity contribution is -0.129. The van der Waals surface area contributed by atoms with Crippen molar-refractivity contribution in [3.63, 3.8) is 0 Å². The Kier molecular flexibility index (Phi) is 6.95. The van der Waals surface area contributed by atoms with Gasteiger partial charge in [0.1, 0.15) is 5.41 Å². The van der Waals surface area contributed by atoms with Gasteiger partial charge in [-0.3, -0.25) is 4.79 Å². The number of carbonyl (C=O) groups is 1. The van der Waals surface area contributed by atoms with Gasteiger partial charge in [0.25, 0.3) is 0 Å². The monoisotopic (exact) mass is 449 g/mol. The van der Waals surface area contributed by atoms with E-state index in [0.717, 1.165) is 27.9 Å². The van der Waals surface area contributed by atoms with Crippen molar-refractivity contribution in [1.82, 2.24) is 0 Å². The number of nitrogens with zero attached hydrogens (tertiary/aromatic N) is 1. The fourth-order valence-electron chi connectivity index (χ4n) is 4.73. The number of carbonyl (C=O) groups excluding carboxylic acids is 1. The SMILES string of the molecule is C[C@@H](C(=O)C(c1ccccc1)(c1ccccc1)c1ccccc1)[C@H](O)c1ccc(N(C)C)cc1. The van der Waals surface area contributed by atoms with Crippen molar-refractivity contribution < 1.29 is 9.90 Å². The third-order valence-electron chi connectivity index (χ3n) is 6.63. The van der Waals surface area contributed by atoms with E-state index < -0.39 is 17.4 Å². The predicted octanol–water partition coefficient (Wildman–Crippen LogP) is 6.03. The number of rotatable bonds is 8. The van der Waals surface area contributed by atoms with E-state index in [0.29, 0.717) is 0 Å². The standard InChI is InChI=1S/C31H31NO2/c1-23(29(33)24-19-21-28(22-20-24)32(2)3)30(34)31(25-13-7-4-8-14-25,26-15-9-5-10-16-26)27-17-11-6-12-18-27/h4-23,29,33H,1-3H3/t23-,29+/m1/s1. The first-order valence-electron chi connectivity index (χ1n) is 11.6. The van der Waals surface area contributed by atoms with Crippen LogP contribution in [0.3, 0.4) is 0 Å². The van der Waals surface area contributed by atoms with Gasteiger partial charge in [0.2, 0.25) is 0 Å². The van der Waals surface area contributed by atoms with Crippen LogP contribution in [0.15, 0.2) is 115 Å². The summed E-state index contributed by atoms with van der Waals surface area (Å²) in [5, 5.41) is 11.4. The molecule has 4 aromatic carbocycles. The van der Waals surface area contributed by atoms with Gasteiger partial charge in [-0.25, -0.2) is 0 Å². The zero-order chi connectivity index (χ0) is 24.1. The summed E-state index contributed by atoms with van der Waals surface area (Å²) >= 11 is 0. The molecule has 2 atom stereocenters. The predicted molar refractivity (Wildman–Crippen MR) is 139 cm³/mol. The molecule has 0 amide bonds. The molecule has 172 valence electrons. The number of aliphatic hydroxyl groups is 1. The summed E-state index contributed by atoms with van der Waals surface area (Å²) in [7, 11) is 3.96. The molecule has 0 heterocycles. The first-order valence-corrected chi connectivity index (χ1v) is 11.6. The fraction of sp³-hybridized carbons (Fsp3) is 0.194. The van der Waals surface area contributed by atoms with Gasteiger partial charge in [0.15, 0.2) is 5.78 Å². The molecule has 0 unspecified atom stereocenters. The fourth-order valence-corrected chi connectivity index (χ4v) is 4.73. The van der Waals surface area contributed by atoms with E-state index >= 15 is 0 Å². The van der Waals surface area contributed by atoms with Crippen LogP contribution < -0.4 is 4.90 Å². The van der Waals surface area contributed by atoms with E-state index in [-0.39, 0.29) is 5.78 Å². The molecular weight excluding hydrogens is 418 g/mol. The molecule has 0 aliphatic rings. The third kappa shape index (κ3) is 4.27. The number of benzene rings is 4. The van der Waals surface area contributed by atoms with Gasteiger partial charge in [-0.2, -0.15) is 0 Å². The van der Waals surface area contributed by atoms with Crippen molar-refractivity contribution in [2.45, 2.75) is 18.4 Å². The molecule has 0 aliphatic carbocycles. The molecule has 0 spiro atoms. The summed E-state index contributed by atoms with van der Waals surface area (Å²) < 4.78 is 0. The average Bonchev–Trinajstić information content (AvgIpc) is 2.90. The number of hydrogen-bond donors (Lipinski definition) is 1. The van der Waals surface area contributed by atoms with Crippen molar-refractivity contribution >= 4 is 11.5 Å². The molecular formula is C31H31NO2. The Morgan fingerprint density at radius 1 is 0.676 bits per heavy atom. The highest BCUT2D eigenvalue weighted by Crippen LogP contribution is 2.43. The minimum atomic E-state index is -1.05. The second kappa shape index (κ2) is 10.1. The molecule has 0 aromatic heterocycles. The Bertz CT molecular complexity index is 1110. The Morgan fingerprint density at radius 2 is 1.06 bits per heavy atom. The molecule has 3 heteroatoms. The molecule has 3 nitrogen and oxygen atoms in total. The summed E-state index contributed by atoms with van der Waals surface area (Å²) in [6.45, 7) is 1.83. The Labute approximate surface area is 202 Å². The van der Waals surface area contributed by atoms with Crippen LogP contribution in [0.2, 0.25) is 0 Å². The zero-order valence-corrected chi connectivity index (χ0v) is 19.9. The molecule has 0 fully saturated rings. The number of anilines is 1. The van der Waals surface area contributed by atoms with Crippen molar-refractivity contribution in [1.29, 1.82) is 0 Å². The molecule has 0 bridgehead atoms. The summed E-state index contributed by atoms with van der Waals surface area (Å²) in [5.74, 6) is -0.689. The van der Waals surface area contributed by atoms with Crippen molar-refractivity contribution in [3.8, 4) is 0 Å². The molecule has 0 saturated carbocycles. The highest BCUT2D eigenvalue weighted by molar-refractivity contribution is 5.99. The molecule has 34 heavy (non-hydrogen) atoms. The molecule has 4 rings (SSSR count). The van der Waals surface area contributed by atoms with Crippen LogP contribution in [0.25, 0.3) is 0 Å². The molecule has 0 aliphatic heterocycles. The van der Waals surface area contributed by atoms with Crippen LogP contribution in [-0.2, 0) is 10.2 Å². The van der Waals surface area contributed by atoms with Crippen LogP contribution in [-0.4, -0.2) is 25.0 Å². The van der Waals surface area contributed by atoms with Gasteiger partial charge in [0.05, 0.1) is 6.10 Å². The topological polar surface area (TPSA) is 40.5 Å². The number of ketones is 1. The number of hydrogen-bond acceptors (Lipinski definition) is 3. The van der Waals surface area contributed by atoms with Crippen LogP contribution >= 0.6 is 0 Å². The van der Waals surface area contributed by atoms with Crippen molar-refractivity contribution in [2.24, 2.45) is 5.92 Å². The molecule has 0 radical (unpaired) electrons. The van der Waals surface area contributed by atoms with Crippen LogP contribution in [0.4, 0.5) is 5.69 Å². The first-order chi connectivity index (χ1) is 16.5. The van der Waals surface area contributed by atoms with Crippen molar-refractivity contribution in [2.75, 3.05) is 19.0 Å². The van der Waals surface area contributed by atoms with Gasteiger partial charge in [-0.15, -0.1) is 0 Å². The van der Waals surface area contributed by atoms with E-state index in [2.05, 4.69) is 0 Å². The van der Waals surface area contributed by atoms with Gasteiger partial charge in [-0.1, -0.05) is 110 Å². The largest absolute Gasteiger partial charge is 0.388 e. The highest BCUT2D eigenvalue weighted by Gasteiger charge is 2.46. The lowest BCUT2D eigenvalue weighted by Gasteiger charge is -2.37. The number of Topliss-reactive ketones (excluding diaryl/α,β-unsaturated/α-hetero) is 1. The second-order valence-electron chi connectivity index (χ2n) is 8.93. The maximum atomic E-state index is 14.6. The maximum Gasteiger partial charge on any atom is 0.157 e. The minimum Gasteiger partial charge on any atom is -0.388 e. The third-order valence-corrected chi connectivity index (χ3v) is 6.63. The zero-order valence-electron chi connectivity index (χ0n) is 19.9. The van der Waals surface area contributed by atoms with Gasteiger partial charge in [0, 0.05) is 25.7 Å².